The summed E-state index contributed by atoms with van der Waals surface area (Å²) in [6.07, 6.45) is 6.74. The lowest BCUT2D eigenvalue weighted by Gasteiger charge is -2.21. The SMILES string of the molecule is O=Cc1c(N(Cc2ccco2)C2CC2)nc2sccn12. The summed E-state index contributed by atoms with van der Waals surface area (Å²) in [5.41, 5.74) is 0.625. The van der Waals surface area contributed by atoms with Gasteiger partial charge in [-0.2, -0.15) is 0 Å². The molecule has 0 aromatic carbocycles. The Morgan fingerprint density at radius 3 is 3.15 bits per heavy atom. The molecule has 5 nitrogen and oxygen atoms in total. The normalized spacial score (nSPS) is 14.8. The molecule has 0 saturated heterocycles. The minimum Gasteiger partial charge on any atom is -0.467 e. The van der Waals surface area contributed by atoms with Crippen molar-refractivity contribution in [2.75, 3.05) is 4.90 Å². The Hall–Kier alpha value is -2.08. The van der Waals surface area contributed by atoms with Crippen molar-refractivity contribution in [1.29, 1.82) is 0 Å². The number of carbonyl (C=O) groups excluding carboxylic acids is 1. The largest absolute Gasteiger partial charge is 0.467 e. The molecule has 0 bridgehead atoms. The molecule has 20 heavy (non-hydrogen) atoms. The third-order valence-corrected chi connectivity index (χ3v) is 4.31. The Balaban J connectivity index is 1.77. The Morgan fingerprint density at radius 2 is 2.45 bits per heavy atom. The summed E-state index contributed by atoms with van der Waals surface area (Å²) < 4.78 is 7.28. The topological polar surface area (TPSA) is 50.8 Å². The number of carbonyl (C=O) groups is 1. The van der Waals surface area contributed by atoms with E-state index < -0.39 is 0 Å². The van der Waals surface area contributed by atoms with Crippen molar-refractivity contribution < 1.29 is 9.21 Å². The maximum absolute atomic E-state index is 11.4. The molecule has 1 saturated carbocycles. The van der Waals surface area contributed by atoms with Crippen LogP contribution in [-0.4, -0.2) is 21.7 Å². The third kappa shape index (κ3) is 1.84. The van der Waals surface area contributed by atoms with Crippen LogP contribution in [0.2, 0.25) is 0 Å². The van der Waals surface area contributed by atoms with Crippen LogP contribution in [0.5, 0.6) is 0 Å². The summed E-state index contributed by atoms with van der Waals surface area (Å²) in [4.78, 5) is 19.1. The van der Waals surface area contributed by atoms with E-state index in [9.17, 15) is 4.79 Å². The third-order valence-electron chi connectivity index (χ3n) is 3.56. The zero-order chi connectivity index (χ0) is 13.5. The van der Waals surface area contributed by atoms with Crippen molar-refractivity contribution in [3.63, 3.8) is 0 Å². The van der Waals surface area contributed by atoms with Crippen LogP contribution in [-0.2, 0) is 6.54 Å². The van der Waals surface area contributed by atoms with Crippen molar-refractivity contribution >= 4 is 28.4 Å². The van der Waals surface area contributed by atoms with Crippen LogP contribution in [0.15, 0.2) is 34.4 Å². The average Bonchev–Trinajstić information content (AvgIpc) is 2.88. The predicted molar refractivity (Wildman–Crippen MR) is 76.4 cm³/mol. The summed E-state index contributed by atoms with van der Waals surface area (Å²) in [6.45, 7) is 0.656. The molecule has 102 valence electrons. The van der Waals surface area contributed by atoms with Gasteiger partial charge < -0.3 is 9.32 Å². The molecule has 0 unspecified atom stereocenters. The zero-order valence-electron chi connectivity index (χ0n) is 10.7. The fraction of sp³-hybridized carbons (Fsp3) is 0.286. The molecule has 0 amide bonds. The summed E-state index contributed by atoms with van der Waals surface area (Å²) in [6, 6.07) is 4.30. The van der Waals surface area contributed by atoms with E-state index in [-0.39, 0.29) is 0 Å². The number of nitrogens with zero attached hydrogens (tertiary/aromatic N) is 3. The molecular formula is C14H13N3O2S. The molecule has 6 heteroatoms. The molecule has 1 aliphatic rings. The van der Waals surface area contributed by atoms with Crippen molar-refractivity contribution in [3.8, 4) is 0 Å². The highest BCUT2D eigenvalue weighted by Crippen LogP contribution is 2.35. The van der Waals surface area contributed by atoms with Crippen LogP contribution in [0.3, 0.4) is 0 Å². The van der Waals surface area contributed by atoms with Crippen LogP contribution in [0.4, 0.5) is 5.82 Å². The molecule has 1 aliphatic carbocycles. The molecule has 0 atom stereocenters. The molecule has 1 fully saturated rings. The summed E-state index contributed by atoms with van der Waals surface area (Å²) >= 11 is 1.54. The fourth-order valence-corrected chi connectivity index (χ4v) is 3.16. The van der Waals surface area contributed by atoms with Gasteiger partial charge in [0.1, 0.15) is 11.5 Å². The maximum atomic E-state index is 11.4. The number of hydrogen-bond donors (Lipinski definition) is 0. The van der Waals surface area contributed by atoms with Gasteiger partial charge in [0, 0.05) is 17.6 Å². The van der Waals surface area contributed by atoms with E-state index >= 15 is 0 Å². The second kappa shape index (κ2) is 4.49. The number of hydrogen-bond acceptors (Lipinski definition) is 5. The summed E-state index contributed by atoms with van der Waals surface area (Å²) in [7, 11) is 0. The van der Waals surface area contributed by atoms with E-state index in [0.717, 1.165) is 35.7 Å². The van der Waals surface area contributed by atoms with Crippen LogP contribution in [0.1, 0.15) is 29.1 Å². The van der Waals surface area contributed by atoms with Crippen molar-refractivity contribution in [1.82, 2.24) is 9.38 Å². The summed E-state index contributed by atoms with van der Waals surface area (Å²) in [5, 5.41) is 1.94. The van der Waals surface area contributed by atoms with Gasteiger partial charge in [-0.15, -0.1) is 11.3 Å². The van der Waals surface area contributed by atoms with E-state index in [4.69, 9.17) is 4.42 Å². The lowest BCUT2D eigenvalue weighted by Crippen LogP contribution is -2.26. The van der Waals surface area contributed by atoms with E-state index in [2.05, 4.69) is 9.88 Å². The molecule has 4 rings (SSSR count). The van der Waals surface area contributed by atoms with E-state index in [1.54, 1.807) is 6.26 Å². The highest BCUT2D eigenvalue weighted by atomic mass is 32.1. The van der Waals surface area contributed by atoms with Gasteiger partial charge in [0.05, 0.1) is 12.8 Å². The number of rotatable bonds is 5. The lowest BCUT2D eigenvalue weighted by atomic mass is 10.3. The molecule has 0 radical (unpaired) electrons. The molecule has 0 aliphatic heterocycles. The van der Waals surface area contributed by atoms with E-state index in [1.807, 2.05) is 28.1 Å². The first kappa shape index (κ1) is 11.7. The number of furan rings is 1. The Bertz CT molecular complexity index is 740. The van der Waals surface area contributed by atoms with Gasteiger partial charge in [-0.25, -0.2) is 4.98 Å². The average molecular weight is 287 g/mol. The van der Waals surface area contributed by atoms with Gasteiger partial charge >= 0.3 is 0 Å². The van der Waals surface area contributed by atoms with Gasteiger partial charge in [-0.1, -0.05) is 0 Å². The first-order valence-corrected chi connectivity index (χ1v) is 7.44. The van der Waals surface area contributed by atoms with E-state index in [1.165, 1.54) is 11.3 Å². The van der Waals surface area contributed by atoms with Gasteiger partial charge in [-0.05, 0) is 25.0 Å². The Morgan fingerprint density at radius 1 is 1.55 bits per heavy atom. The number of imidazole rings is 1. The quantitative estimate of drug-likeness (QED) is 0.677. The van der Waals surface area contributed by atoms with Crippen molar-refractivity contribution in [3.05, 3.63) is 41.4 Å². The monoisotopic (exact) mass is 287 g/mol. The zero-order valence-corrected chi connectivity index (χ0v) is 11.5. The molecule has 0 spiro atoms. The number of fused-ring (bicyclic) bond motifs is 1. The van der Waals surface area contributed by atoms with Crippen LogP contribution in [0.25, 0.3) is 4.96 Å². The van der Waals surface area contributed by atoms with Gasteiger partial charge in [0.25, 0.3) is 0 Å². The van der Waals surface area contributed by atoms with Crippen LogP contribution in [0, 0.1) is 0 Å². The summed E-state index contributed by atoms with van der Waals surface area (Å²) in [5.74, 6) is 1.66. The first-order chi connectivity index (χ1) is 9.86. The van der Waals surface area contributed by atoms with Gasteiger partial charge in [0.2, 0.25) is 0 Å². The minimum atomic E-state index is 0.461. The van der Waals surface area contributed by atoms with Gasteiger partial charge in [-0.3, -0.25) is 9.20 Å². The number of anilines is 1. The van der Waals surface area contributed by atoms with Crippen molar-refractivity contribution in [2.45, 2.75) is 25.4 Å². The smallest absolute Gasteiger partial charge is 0.196 e. The number of aldehydes is 1. The Labute approximate surface area is 119 Å². The predicted octanol–water partition coefficient (Wildman–Crippen LogP) is 2.97. The molecule has 0 N–H and O–H groups in total. The molecule has 3 aromatic rings. The minimum absolute atomic E-state index is 0.461. The highest BCUT2D eigenvalue weighted by molar-refractivity contribution is 7.15. The van der Waals surface area contributed by atoms with Crippen molar-refractivity contribution in [2.24, 2.45) is 0 Å². The van der Waals surface area contributed by atoms with Crippen LogP contribution >= 0.6 is 11.3 Å². The second-order valence-corrected chi connectivity index (χ2v) is 5.81. The van der Waals surface area contributed by atoms with E-state index in [0.29, 0.717) is 18.3 Å². The Kier molecular flexibility index (Phi) is 2.63. The fourth-order valence-electron chi connectivity index (χ4n) is 2.45. The first-order valence-electron chi connectivity index (χ1n) is 6.56. The molecule has 3 aromatic heterocycles. The second-order valence-electron chi connectivity index (χ2n) is 4.93. The van der Waals surface area contributed by atoms with Gasteiger partial charge in [0.15, 0.2) is 17.1 Å². The number of aromatic nitrogens is 2. The highest BCUT2D eigenvalue weighted by Gasteiger charge is 2.33. The lowest BCUT2D eigenvalue weighted by molar-refractivity contribution is 0.111. The molecule has 3 heterocycles. The standard InChI is InChI=1S/C14H13N3O2S/c18-9-12-13(15-14-16(12)5-7-20-14)17(10-3-4-10)8-11-2-1-6-19-11/h1-2,5-7,9-10H,3-4,8H2. The van der Waals surface area contributed by atoms with Crippen LogP contribution < -0.4 is 4.90 Å². The molecular weight excluding hydrogens is 274 g/mol. The number of thiazole rings is 1. The maximum Gasteiger partial charge on any atom is 0.196 e.